The normalized spacial score (nSPS) is 21.3. The summed E-state index contributed by atoms with van der Waals surface area (Å²) < 4.78 is 28.7. The summed E-state index contributed by atoms with van der Waals surface area (Å²) in [6, 6.07) is -0.724. The van der Waals surface area contributed by atoms with E-state index in [0.29, 0.717) is 13.0 Å². The third-order valence-corrected chi connectivity index (χ3v) is 4.11. The van der Waals surface area contributed by atoms with E-state index < -0.39 is 27.9 Å². The van der Waals surface area contributed by atoms with Gasteiger partial charge in [-0.15, -0.1) is 0 Å². The number of sulfonamides is 1. The molecule has 0 bridgehead atoms. The summed E-state index contributed by atoms with van der Waals surface area (Å²) in [5.41, 5.74) is 0. The second kappa shape index (κ2) is 6.14. The zero-order chi connectivity index (χ0) is 13.8. The van der Waals surface area contributed by atoms with E-state index in [2.05, 4.69) is 10.1 Å². The van der Waals surface area contributed by atoms with Crippen molar-refractivity contribution >= 4 is 21.9 Å². The van der Waals surface area contributed by atoms with E-state index >= 15 is 0 Å². The van der Waals surface area contributed by atoms with Crippen LogP contribution in [0.15, 0.2) is 0 Å². The van der Waals surface area contributed by atoms with E-state index in [9.17, 15) is 18.0 Å². The van der Waals surface area contributed by atoms with Crippen LogP contribution in [0.3, 0.4) is 0 Å². The summed E-state index contributed by atoms with van der Waals surface area (Å²) in [4.78, 5) is 22.8. The maximum atomic E-state index is 11.9. The summed E-state index contributed by atoms with van der Waals surface area (Å²) in [6.45, 7) is 0.0958. The van der Waals surface area contributed by atoms with Gasteiger partial charge in [-0.3, -0.25) is 9.59 Å². The molecule has 1 atom stereocenters. The first-order valence-electron chi connectivity index (χ1n) is 5.67. The highest BCUT2D eigenvalue weighted by Gasteiger charge is 2.34. The lowest BCUT2D eigenvalue weighted by Crippen LogP contribution is -2.52. The van der Waals surface area contributed by atoms with Crippen LogP contribution in [0, 0.1) is 0 Å². The van der Waals surface area contributed by atoms with Crippen molar-refractivity contribution < 1.29 is 22.7 Å². The largest absolute Gasteiger partial charge is 0.468 e. The van der Waals surface area contributed by atoms with Crippen LogP contribution in [0.1, 0.15) is 19.3 Å². The summed E-state index contributed by atoms with van der Waals surface area (Å²) >= 11 is 0. The Morgan fingerprint density at radius 3 is 2.61 bits per heavy atom. The minimum absolute atomic E-state index is 0.247. The fourth-order valence-electron chi connectivity index (χ4n) is 1.91. The van der Waals surface area contributed by atoms with Gasteiger partial charge in [0.15, 0.2) is 0 Å². The van der Waals surface area contributed by atoms with Crippen LogP contribution in [0.25, 0.3) is 0 Å². The van der Waals surface area contributed by atoms with Crippen LogP contribution in [-0.4, -0.2) is 57.1 Å². The molecule has 1 rings (SSSR count). The van der Waals surface area contributed by atoms with E-state index in [-0.39, 0.29) is 6.54 Å². The Balaban J connectivity index is 2.66. The molecule has 7 nitrogen and oxygen atoms in total. The summed E-state index contributed by atoms with van der Waals surface area (Å²) in [6.07, 6.45) is 3.09. The number of carbonyl (C=O) groups is 2. The van der Waals surface area contributed by atoms with E-state index in [0.717, 1.165) is 19.1 Å². The summed E-state index contributed by atoms with van der Waals surface area (Å²) in [7, 11) is -2.19. The molecule has 104 valence electrons. The van der Waals surface area contributed by atoms with Crippen molar-refractivity contribution in [2.24, 2.45) is 0 Å². The van der Waals surface area contributed by atoms with Gasteiger partial charge in [0.2, 0.25) is 15.9 Å². The second-order valence-electron chi connectivity index (χ2n) is 4.18. The Morgan fingerprint density at radius 1 is 1.39 bits per heavy atom. The molecule has 1 amide bonds. The number of amides is 1. The predicted octanol–water partition coefficient (Wildman–Crippen LogP) is -0.910. The van der Waals surface area contributed by atoms with Gasteiger partial charge in [-0.1, -0.05) is 6.42 Å². The first-order valence-corrected chi connectivity index (χ1v) is 7.52. The Kier molecular flexibility index (Phi) is 5.09. The lowest BCUT2D eigenvalue weighted by Gasteiger charge is -2.32. The highest BCUT2D eigenvalue weighted by molar-refractivity contribution is 7.88. The van der Waals surface area contributed by atoms with E-state index in [1.54, 1.807) is 0 Å². The first kappa shape index (κ1) is 14.9. The Hall–Kier alpha value is -1.15. The van der Waals surface area contributed by atoms with Crippen molar-refractivity contribution in [3.63, 3.8) is 0 Å². The third kappa shape index (κ3) is 3.95. The lowest BCUT2D eigenvalue weighted by atomic mass is 10.0. The molecule has 1 saturated heterocycles. The quantitative estimate of drug-likeness (QED) is 0.672. The minimum atomic E-state index is -3.41. The number of nitrogens with zero attached hydrogens (tertiary/aromatic N) is 1. The monoisotopic (exact) mass is 278 g/mol. The molecule has 18 heavy (non-hydrogen) atoms. The number of hydrogen-bond donors (Lipinski definition) is 1. The van der Waals surface area contributed by atoms with Gasteiger partial charge in [-0.25, -0.2) is 8.42 Å². The molecule has 0 aliphatic carbocycles. The van der Waals surface area contributed by atoms with Gasteiger partial charge in [0.1, 0.15) is 12.6 Å². The van der Waals surface area contributed by atoms with Crippen molar-refractivity contribution in [1.29, 1.82) is 0 Å². The number of hydrogen-bond acceptors (Lipinski definition) is 5. The standard InChI is InChI=1S/C10H18N2O5S/c1-17-9(13)7-11-10(14)8-5-3-4-6-12(8)18(2,15)16/h8H,3-7H2,1-2H3,(H,11,14). The number of carbonyl (C=O) groups excluding carboxylic acids is 2. The van der Waals surface area contributed by atoms with Crippen LogP contribution in [0.5, 0.6) is 0 Å². The number of piperidine rings is 1. The maximum absolute atomic E-state index is 11.9. The molecular weight excluding hydrogens is 260 g/mol. The third-order valence-electron chi connectivity index (χ3n) is 2.82. The van der Waals surface area contributed by atoms with Crippen LogP contribution in [-0.2, 0) is 24.3 Å². The van der Waals surface area contributed by atoms with Gasteiger partial charge in [-0.2, -0.15) is 4.31 Å². The SMILES string of the molecule is COC(=O)CNC(=O)C1CCCCN1S(C)(=O)=O. The Morgan fingerprint density at radius 2 is 2.06 bits per heavy atom. The number of ether oxygens (including phenoxy) is 1. The highest BCUT2D eigenvalue weighted by Crippen LogP contribution is 2.19. The Bertz CT molecular complexity index is 420. The Labute approximate surface area is 107 Å². The molecular formula is C10H18N2O5S. The molecule has 1 fully saturated rings. The van der Waals surface area contributed by atoms with Crippen LogP contribution in [0.4, 0.5) is 0 Å². The summed E-state index contributed by atoms with van der Waals surface area (Å²) in [5.74, 6) is -1.02. The molecule has 0 radical (unpaired) electrons. The van der Waals surface area contributed by atoms with Gasteiger partial charge in [0.25, 0.3) is 0 Å². The van der Waals surface area contributed by atoms with Gasteiger partial charge in [0.05, 0.1) is 13.4 Å². The van der Waals surface area contributed by atoms with Gasteiger partial charge < -0.3 is 10.1 Å². The number of rotatable bonds is 4. The fourth-order valence-corrected chi connectivity index (χ4v) is 3.04. The van der Waals surface area contributed by atoms with E-state index in [1.165, 1.54) is 11.4 Å². The second-order valence-corrected chi connectivity index (χ2v) is 6.11. The number of methoxy groups -OCH3 is 1. The molecule has 0 aromatic heterocycles. The van der Waals surface area contributed by atoms with E-state index in [4.69, 9.17) is 0 Å². The number of esters is 1. The van der Waals surface area contributed by atoms with Crippen LogP contribution in [0.2, 0.25) is 0 Å². The van der Waals surface area contributed by atoms with Crippen molar-refractivity contribution in [3.8, 4) is 0 Å². The molecule has 1 heterocycles. The smallest absolute Gasteiger partial charge is 0.325 e. The van der Waals surface area contributed by atoms with Crippen molar-refractivity contribution in [2.75, 3.05) is 26.5 Å². The number of nitrogens with one attached hydrogen (secondary N) is 1. The van der Waals surface area contributed by atoms with Crippen molar-refractivity contribution in [2.45, 2.75) is 25.3 Å². The van der Waals surface area contributed by atoms with Crippen molar-refractivity contribution in [1.82, 2.24) is 9.62 Å². The van der Waals surface area contributed by atoms with Gasteiger partial charge in [0, 0.05) is 6.54 Å². The van der Waals surface area contributed by atoms with E-state index in [1.807, 2.05) is 0 Å². The molecule has 0 saturated carbocycles. The molecule has 0 aromatic carbocycles. The van der Waals surface area contributed by atoms with Gasteiger partial charge in [-0.05, 0) is 12.8 Å². The minimum Gasteiger partial charge on any atom is -0.468 e. The molecule has 1 N–H and O–H groups in total. The first-order chi connectivity index (χ1) is 8.36. The predicted molar refractivity (Wildman–Crippen MR) is 64.2 cm³/mol. The molecule has 0 spiro atoms. The zero-order valence-electron chi connectivity index (χ0n) is 10.5. The average Bonchev–Trinajstić information content (AvgIpc) is 2.34. The lowest BCUT2D eigenvalue weighted by molar-refractivity contribution is -0.141. The molecule has 1 aliphatic heterocycles. The average molecular weight is 278 g/mol. The summed E-state index contributed by atoms with van der Waals surface area (Å²) in [5, 5.41) is 2.39. The topological polar surface area (TPSA) is 92.8 Å². The molecule has 1 unspecified atom stereocenters. The van der Waals surface area contributed by atoms with Crippen molar-refractivity contribution in [3.05, 3.63) is 0 Å². The van der Waals surface area contributed by atoms with Gasteiger partial charge >= 0.3 is 5.97 Å². The zero-order valence-corrected chi connectivity index (χ0v) is 11.3. The highest BCUT2D eigenvalue weighted by atomic mass is 32.2. The maximum Gasteiger partial charge on any atom is 0.325 e. The van der Waals surface area contributed by atoms with Crippen LogP contribution < -0.4 is 5.32 Å². The molecule has 8 heteroatoms. The molecule has 1 aliphatic rings. The molecule has 0 aromatic rings. The van der Waals surface area contributed by atoms with Crippen LogP contribution >= 0.6 is 0 Å². The fraction of sp³-hybridized carbons (Fsp3) is 0.800.